The molecule has 6 nitrogen and oxygen atoms in total. The summed E-state index contributed by atoms with van der Waals surface area (Å²) in [5, 5.41) is 2.82. The van der Waals surface area contributed by atoms with E-state index in [0.717, 1.165) is 18.3 Å². The predicted octanol–water partition coefficient (Wildman–Crippen LogP) is 1.61. The zero-order chi connectivity index (χ0) is 18.4. The van der Waals surface area contributed by atoms with Crippen molar-refractivity contribution in [3.05, 3.63) is 66.0 Å². The summed E-state index contributed by atoms with van der Waals surface area (Å²) in [6, 6.07) is 11.7. The normalized spacial score (nSPS) is 17.5. The fourth-order valence-electron chi connectivity index (χ4n) is 3.20. The molecule has 2 atom stereocenters. The van der Waals surface area contributed by atoms with Crippen molar-refractivity contribution in [2.75, 3.05) is 6.54 Å². The maximum absolute atomic E-state index is 13.0. The van der Waals surface area contributed by atoms with Crippen molar-refractivity contribution < 1.29 is 14.4 Å². The molecule has 134 valence electrons. The molecule has 26 heavy (non-hydrogen) atoms. The second-order valence-corrected chi connectivity index (χ2v) is 6.33. The Kier molecular flexibility index (Phi) is 5.73. The largest absolute Gasteiger partial charge is 0.340 e. The molecule has 1 aromatic heterocycles. The average Bonchev–Trinajstić information content (AvgIpc) is 3.17. The Morgan fingerprint density at radius 3 is 2.73 bits per heavy atom. The summed E-state index contributed by atoms with van der Waals surface area (Å²) in [6.07, 6.45) is 5.69. The van der Waals surface area contributed by atoms with Crippen LogP contribution in [-0.4, -0.2) is 46.6 Å². The van der Waals surface area contributed by atoms with Gasteiger partial charge in [0, 0.05) is 25.4 Å². The quantitative estimate of drug-likeness (QED) is 0.802. The molecule has 0 bridgehead atoms. The molecule has 1 fully saturated rings. The molecule has 2 amide bonds. The number of carbonyl (C=O) groups is 3. The molecule has 0 aliphatic carbocycles. The van der Waals surface area contributed by atoms with E-state index in [0.29, 0.717) is 24.9 Å². The third-order valence-corrected chi connectivity index (χ3v) is 4.55. The Morgan fingerprint density at radius 2 is 2.04 bits per heavy atom. The van der Waals surface area contributed by atoms with Crippen LogP contribution in [0.5, 0.6) is 0 Å². The first-order valence-electron chi connectivity index (χ1n) is 8.69. The smallest absolute Gasteiger partial charge is 0.253 e. The summed E-state index contributed by atoms with van der Waals surface area (Å²) in [5.41, 5.74) is 1.34. The van der Waals surface area contributed by atoms with Gasteiger partial charge in [-0.1, -0.05) is 30.3 Å². The van der Waals surface area contributed by atoms with Gasteiger partial charge in [0.1, 0.15) is 12.3 Å². The Morgan fingerprint density at radius 1 is 1.23 bits per heavy atom. The topological polar surface area (TPSA) is 79.4 Å². The van der Waals surface area contributed by atoms with Crippen LogP contribution in [0.15, 0.2) is 54.9 Å². The minimum absolute atomic E-state index is 0.222. The lowest BCUT2D eigenvalue weighted by Gasteiger charge is -2.27. The number of likely N-dealkylation sites (tertiary alicyclic amines) is 1. The first-order chi connectivity index (χ1) is 12.7. The number of nitrogens with zero attached hydrogens (tertiary/aromatic N) is 2. The van der Waals surface area contributed by atoms with Crippen LogP contribution in [0.1, 0.15) is 28.8 Å². The molecule has 0 saturated carbocycles. The predicted molar refractivity (Wildman–Crippen MR) is 96.4 cm³/mol. The molecule has 2 heterocycles. The maximum atomic E-state index is 13.0. The number of aldehydes is 1. The minimum Gasteiger partial charge on any atom is -0.340 e. The third-order valence-electron chi connectivity index (χ3n) is 4.55. The summed E-state index contributed by atoms with van der Waals surface area (Å²) < 4.78 is 0. The monoisotopic (exact) mass is 351 g/mol. The van der Waals surface area contributed by atoms with E-state index in [1.165, 1.54) is 6.20 Å². The number of benzene rings is 1. The van der Waals surface area contributed by atoms with E-state index in [1.54, 1.807) is 23.2 Å². The highest BCUT2D eigenvalue weighted by molar-refractivity contribution is 5.97. The Labute approximate surface area is 152 Å². The van der Waals surface area contributed by atoms with Gasteiger partial charge in [-0.05, 0) is 30.5 Å². The number of rotatable bonds is 6. The lowest BCUT2D eigenvalue weighted by Crippen LogP contribution is -2.51. The number of nitrogens with one attached hydrogen (secondary N) is 1. The number of hydrogen-bond acceptors (Lipinski definition) is 4. The van der Waals surface area contributed by atoms with Gasteiger partial charge in [0.25, 0.3) is 5.91 Å². The van der Waals surface area contributed by atoms with Gasteiger partial charge in [0.05, 0.1) is 11.6 Å². The zero-order valence-corrected chi connectivity index (χ0v) is 14.4. The molecule has 1 saturated heterocycles. The van der Waals surface area contributed by atoms with E-state index in [9.17, 15) is 14.4 Å². The van der Waals surface area contributed by atoms with E-state index in [4.69, 9.17) is 0 Å². The summed E-state index contributed by atoms with van der Waals surface area (Å²) >= 11 is 0. The van der Waals surface area contributed by atoms with Gasteiger partial charge in [-0.15, -0.1) is 0 Å². The van der Waals surface area contributed by atoms with Crippen molar-refractivity contribution >= 4 is 18.1 Å². The molecule has 6 heteroatoms. The second-order valence-electron chi connectivity index (χ2n) is 6.33. The van der Waals surface area contributed by atoms with Crippen molar-refractivity contribution in [3.8, 4) is 0 Å². The van der Waals surface area contributed by atoms with E-state index in [1.807, 2.05) is 30.3 Å². The first kappa shape index (κ1) is 17.8. The first-order valence-corrected chi connectivity index (χ1v) is 8.69. The van der Waals surface area contributed by atoms with Crippen molar-refractivity contribution in [2.24, 2.45) is 0 Å². The molecule has 0 unspecified atom stereocenters. The lowest BCUT2D eigenvalue weighted by atomic mass is 10.0. The summed E-state index contributed by atoms with van der Waals surface area (Å²) in [5.74, 6) is -0.574. The lowest BCUT2D eigenvalue weighted by molar-refractivity contribution is -0.136. The fraction of sp³-hybridized carbons (Fsp3) is 0.300. The van der Waals surface area contributed by atoms with E-state index in [2.05, 4.69) is 10.3 Å². The van der Waals surface area contributed by atoms with Gasteiger partial charge >= 0.3 is 0 Å². The summed E-state index contributed by atoms with van der Waals surface area (Å²) in [6.45, 7) is 0.538. The van der Waals surface area contributed by atoms with E-state index < -0.39 is 12.1 Å². The van der Waals surface area contributed by atoms with Gasteiger partial charge in [-0.3, -0.25) is 14.6 Å². The highest BCUT2D eigenvalue weighted by atomic mass is 16.2. The van der Waals surface area contributed by atoms with Gasteiger partial charge in [-0.2, -0.15) is 0 Å². The molecule has 1 aliphatic heterocycles. The Bertz CT molecular complexity index is 764. The molecule has 3 rings (SSSR count). The van der Waals surface area contributed by atoms with E-state index in [-0.39, 0.29) is 11.8 Å². The highest BCUT2D eigenvalue weighted by Gasteiger charge is 2.33. The number of carbonyl (C=O) groups excluding carboxylic acids is 3. The van der Waals surface area contributed by atoms with Gasteiger partial charge in [-0.25, -0.2) is 0 Å². The van der Waals surface area contributed by atoms with Gasteiger partial charge < -0.3 is 15.0 Å². The van der Waals surface area contributed by atoms with Gasteiger partial charge in [0.15, 0.2) is 0 Å². The Balaban J connectivity index is 1.80. The van der Waals surface area contributed by atoms with Crippen molar-refractivity contribution in [1.29, 1.82) is 0 Å². The van der Waals surface area contributed by atoms with Crippen molar-refractivity contribution in [2.45, 2.75) is 31.3 Å². The Hall–Kier alpha value is -3.02. The third kappa shape index (κ3) is 4.14. The molecule has 1 aromatic carbocycles. The molecule has 1 N–H and O–H groups in total. The maximum Gasteiger partial charge on any atom is 0.253 e. The SMILES string of the molecule is O=C[C@@H]1CCCN1C(=O)[C@@H](Cc1ccccc1)NC(=O)c1cccnc1. The number of aromatic nitrogens is 1. The number of hydrogen-bond donors (Lipinski definition) is 1. The molecule has 0 radical (unpaired) electrons. The van der Waals surface area contributed by atoms with Crippen LogP contribution in [0.2, 0.25) is 0 Å². The van der Waals surface area contributed by atoms with Crippen molar-refractivity contribution in [1.82, 2.24) is 15.2 Å². The molecular weight excluding hydrogens is 330 g/mol. The molecule has 0 spiro atoms. The standard InChI is InChI=1S/C20H21N3O3/c24-14-17-9-5-11-23(17)20(26)18(12-15-6-2-1-3-7-15)22-19(25)16-8-4-10-21-13-16/h1-4,6-8,10,13-14,17-18H,5,9,11-12H2,(H,22,25)/t17-,18+/m0/s1. The van der Waals surface area contributed by atoms with Gasteiger partial charge in [0.2, 0.25) is 5.91 Å². The summed E-state index contributed by atoms with van der Waals surface area (Å²) in [7, 11) is 0. The minimum atomic E-state index is -0.731. The molecule has 1 aliphatic rings. The van der Waals surface area contributed by atoms with Crippen LogP contribution in [0.4, 0.5) is 0 Å². The van der Waals surface area contributed by atoms with E-state index >= 15 is 0 Å². The number of amides is 2. The highest BCUT2D eigenvalue weighted by Crippen LogP contribution is 2.18. The number of pyridine rings is 1. The molecule has 2 aromatic rings. The fourth-order valence-corrected chi connectivity index (χ4v) is 3.20. The van der Waals surface area contributed by atoms with Crippen molar-refractivity contribution in [3.63, 3.8) is 0 Å². The van der Waals surface area contributed by atoms with Crippen LogP contribution in [0, 0.1) is 0 Å². The van der Waals surface area contributed by atoms with Crippen LogP contribution in [0.25, 0.3) is 0 Å². The zero-order valence-electron chi connectivity index (χ0n) is 14.4. The molecular formula is C20H21N3O3. The van der Waals surface area contributed by atoms with Crippen LogP contribution >= 0.6 is 0 Å². The summed E-state index contributed by atoms with van der Waals surface area (Å²) in [4.78, 5) is 42.3. The average molecular weight is 351 g/mol. The van der Waals surface area contributed by atoms with Crippen LogP contribution in [-0.2, 0) is 16.0 Å². The second kappa shape index (κ2) is 8.38. The van der Waals surface area contributed by atoms with Crippen LogP contribution < -0.4 is 5.32 Å². The van der Waals surface area contributed by atoms with Crippen LogP contribution in [0.3, 0.4) is 0 Å².